The molecule has 0 bridgehead atoms. The molecule has 16 heteroatoms. The van der Waals surface area contributed by atoms with Crippen LogP contribution in [0.4, 0.5) is 22.1 Å². The van der Waals surface area contributed by atoms with E-state index in [1.165, 1.54) is 23.6 Å². The molecule has 0 atom stereocenters. The summed E-state index contributed by atoms with van der Waals surface area (Å²) in [4.78, 5) is -0.527. The number of anilines is 4. The molecule has 0 unspecified atom stereocenters. The second-order valence-electron chi connectivity index (χ2n) is 5.10. The molecule has 0 saturated heterocycles. The van der Waals surface area contributed by atoms with E-state index < -0.39 is 35.0 Å². The summed E-state index contributed by atoms with van der Waals surface area (Å²) in [5, 5.41) is 11.0. The Labute approximate surface area is 160 Å². The molecular formula is C11H18N6O6S4. The first-order chi connectivity index (χ1) is 12.0. The fourth-order valence-corrected chi connectivity index (χ4v) is 5.02. The van der Waals surface area contributed by atoms with Gasteiger partial charge in [-0.3, -0.25) is 4.72 Å². The van der Waals surface area contributed by atoms with Crippen molar-refractivity contribution in [3.8, 4) is 0 Å². The zero-order valence-electron chi connectivity index (χ0n) is 13.8. The summed E-state index contributed by atoms with van der Waals surface area (Å²) in [5.74, 6) is 0. The van der Waals surface area contributed by atoms with Gasteiger partial charge in [0.05, 0.1) is 17.6 Å². The van der Waals surface area contributed by atoms with E-state index in [9.17, 15) is 25.3 Å². The van der Waals surface area contributed by atoms with Gasteiger partial charge in [0.15, 0.2) is 0 Å². The van der Waals surface area contributed by atoms with Crippen LogP contribution in [0.15, 0.2) is 33.4 Å². The molecule has 0 fully saturated rings. The molecule has 152 valence electrons. The maximum atomic E-state index is 11.1. The Kier molecular flexibility index (Phi) is 6.68. The van der Waals surface area contributed by atoms with Crippen LogP contribution in [0.2, 0.25) is 0 Å². The lowest BCUT2D eigenvalue weighted by molar-refractivity contribution is 0.596. The molecule has 2 aromatic rings. The lowest BCUT2D eigenvalue weighted by Gasteiger charge is -2.04. The summed E-state index contributed by atoms with van der Waals surface area (Å²) >= 11 is 0.890. The number of sulfonamides is 3. The van der Waals surface area contributed by atoms with Crippen molar-refractivity contribution in [2.45, 2.75) is 9.79 Å². The zero-order valence-corrected chi connectivity index (χ0v) is 17.0. The molecule has 0 radical (unpaired) electrons. The van der Waals surface area contributed by atoms with E-state index in [-0.39, 0.29) is 21.3 Å². The van der Waals surface area contributed by atoms with Crippen molar-refractivity contribution in [2.24, 2.45) is 10.3 Å². The van der Waals surface area contributed by atoms with Crippen LogP contribution in [0.25, 0.3) is 0 Å². The summed E-state index contributed by atoms with van der Waals surface area (Å²) < 4.78 is 67.7. The molecule has 0 saturated carbocycles. The highest BCUT2D eigenvalue weighted by molar-refractivity contribution is 7.92. The Balaban J connectivity index is 0.000000277. The highest BCUT2D eigenvalue weighted by Gasteiger charge is 2.21. The summed E-state index contributed by atoms with van der Waals surface area (Å²) in [5.41, 5.74) is 16.4. The summed E-state index contributed by atoms with van der Waals surface area (Å²) in [6.07, 6.45) is 0.897. The minimum absolute atomic E-state index is 0.0522. The van der Waals surface area contributed by atoms with Crippen molar-refractivity contribution in [3.63, 3.8) is 0 Å². The number of primary sulfonamides is 2. The average Bonchev–Trinajstić information content (AvgIpc) is 2.79. The van der Waals surface area contributed by atoms with Gasteiger partial charge < -0.3 is 17.2 Å². The quantitative estimate of drug-likeness (QED) is 0.302. The van der Waals surface area contributed by atoms with Gasteiger partial charge in [-0.25, -0.2) is 35.5 Å². The van der Waals surface area contributed by atoms with E-state index in [0.717, 1.165) is 17.6 Å². The molecule has 2 rings (SSSR count). The molecule has 1 aromatic heterocycles. The summed E-state index contributed by atoms with van der Waals surface area (Å²) in [7, 11) is -11.4. The lowest BCUT2D eigenvalue weighted by atomic mass is 10.3. The van der Waals surface area contributed by atoms with E-state index in [2.05, 4.69) is 0 Å². The summed E-state index contributed by atoms with van der Waals surface area (Å²) in [6, 6.07) is 4.13. The van der Waals surface area contributed by atoms with E-state index in [0.29, 0.717) is 5.69 Å². The number of nitrogen functional groups attached to an aromatic ring is 3. The molecule has 12 nitrogen and oxygen atoms in total. The molecule has 0 amide bonds. The maximum absolute atomic E-state index is 11.1. The van der Waals surface area contributed by atoms with Crippen molar-refractivity contribution in [1.82, 2.24) is 0 Å². The van der Waals surface area contributed by atoms with Crippen LogP contribution >= 0.6 is 11.3 Å². The van der Waals surface area contributed by atoms with Crippen LogP contribution < -0.4 is 32.2 Å². The molecular weight excluding hydrogens is 440 g/mol. The second kappa shape index (κ2) is 7.87. The van der Waals surface area contributed by atoms with Gasteiger partial charge in [0, 0.05) is 11.1 Å². The number of rotatable bonds is 4. The lowest BCUT2D eigenvalue weighted by Crippen LogP contribution is -2.17. The molecule has 11 N–H and O–H groups in total. The molecule has 0 aliphatic heterocycles. The Hall–Kier alpha value is -2.11. The van der Waals surface area contributed by atoms with Gasteiger partial charge in [-0.05, 0) is 18.2 Å². The number of nitrogens with one attached hydrogen (secondary N) is 1. The van der Waals surface area contributed by atoms with E-state index in [4.69, 9.17) is 27.5 Å². The number of thiophene rings is 1. The Morgan fingerprint density at radius 3 is 1.89 bits per heavy atom. The molecule has 0 aliphatic rings. The SMILES string of the molecule is CS(=O)(=O)Nc1csc(N)c1S(N)(=O)=O.Nc1ccc(N)c(S(N)(=O)=O)c1. The van der Waals surface area contributed by atoms with Crippen LogP contribution in [0.1, 0.15) is 0 Å². The monoisotopic (exact) mass is 458 g/mol. The topological polar surface area (TPSA) is 245 Å². The van der Waals surface area contributed by atoms with Gasteiger partial charge in [0.1, 0.15) is 14.8 Å². The maximum Gasteiger partial charge on any atom is 0.243 e. The fourth-order valence-electron chi connectivity index (χ4n) is 1.72. The van der Waals surface area contributed by atoms with Crippen LogP contribution in [0.3, 0.4) is 0 Å². The standard InChI is InChI=1S/C6H9N3O2S.C5H9N3O4S3/c7-4-1-2-5(8)6(3-4)12(9,10)11;1-14(9,10)8-3-2-13-5(6)4(3)15(7,11)12/h1-3H,7-8H2,(H2,9,10,11);2,8H,6H2,1H3,(H2,7,11,12). The fraction of sp³-hybridized carbons (Fsp3) is 0.0909. The van der Waals surface area contributed by atoms with Crippen LogP contribution in [0, 0.1) is 0 Å². The van der Waals surface area contributed by atoms with Crippen molar-refractivity contribution < 1.29 is 25.3 Å². The molecule has 1 aromatic carbocycles. The van der Waals surface area contributed by atoms with Gasteiger partial charge in [0.25, 0.3) is 0 Å². The van der Waals surface area contributed by atoms with Crippen molar-refractivity contribution in [3.05, 3.63) is 23.6 Å². The average molecular weight is 459 g/mol. The van der Waals surface area contributed by atoms with Gasteiger partial charge in [0.2, 0.25) is 30.1 Å². The van der Waals surface area contributed by atoms with Crippen molar-refractivity contribution in [1.29, 1.82) is 0 Å². The predicted molar refractivity (Wildman–Crippen MR) is 105 cm³/mol. The van der Waals surface area contributed by atoms with Gasteiger partial charge >= 0.3 is 0 Å². The molecule has 27 heavy (non-hydrogen) atoms. The highest BCUT2D eigenvalue weighted by atomic mass is 32.2. The zero-order chi connectivity index (χ0) is 21.2. The largest absolute Gasteiger partial charge is 0.399 e. The minimum atomic E-state index is -4.03. The number of nitrogens with two attached hydrogens (primary N) is 5. The van der Waals surface area contributed by atoms with E-state index >= 15 is 0 Å². The Bertz CT molecular complexity index is 1150. The van der Waals surface area contributed by atoms with Crippen LogP contribution in [-0.2, 0) is 30.1 Å². The third kappa shape index (κ3) is 6.85. The molecule has 1 heterocycles. The number of hydrogen-bond acceptors (Lipinski definition) is 10. The van der Waals surface area contributed by atoms with Crippen LogP contribution in [-0.4, -0.2) is 31.5 Å². The summed E-state index contributed by atoms with van der Waals surface area (Å²) in [6.45, 7) is 0. The normalized spacial score (nSPS) is 12.1. The highest BCUT2D eigenvalue weighted by Crippen LogP contribution is 2.33. The first-order valence-electron chi connectivity index (χ1n) is 6.57. The molecule has 0 aliphatic carbocycles. The number of benzene rings is 1. The molecule has 0 spiro atoms. The third-order valence-corrected chi connectivity index (χ3v) is 6.20. The first-order valence-corrected chi connectivity index (χ1v) is 12.4. The van der Waals surface area contributed by atoms with Crippen LogP contribution in [0.5, 0.6) is 0 Å². The van der Waals surface area contributed by atoms with Gasteiger partial charge in [-0.2, -0.15) is 0 Å². The smallest absolute Gasteiger partial charge is 0.243 e. The minimum Gasteiger partial charge on any atom is -0.399 e. The van der Waals surface area contributed by atoms with Gasteiger partial charge in [-0.15, -0.1) is 11.3 Å². The number of hydrogen-bond donors (Lipinski definition) is 6. The van der Waals surface area contributed by atoms with E-state index in [1.54, 1.807) is 0 Å². The first kappa shape index (κ1) is 22.9. The Morgan fingerprint density at radius 2 is 1.48 bits per heavy atom. The third-order valence-electron chi connectivity index (χ3n) is 2.70. The van der Waals surface area contributed by atoms with Crippen molar-refractivity contribution in [2.75, 3.05) is 28.2 Å². The Morgan fingerprint density at radius 1 is 0.926 bits per heavy atom. The van der Waals surface area contributed by atoms with Crippen molar-refractivity contribution >= 4 is 63.5 Å². The second-order valence-corrected chi connectivity index (χ2v) is 10.8. The van der Waals surface area contributed by atoms with E-state index in [1.807, 2.05) is 4.72 Å². The van der Waals surface area contributed by atoms with Gasteiger partial charge in [-0.1, -0.05) is 0 Å². The predicted octanol–water partition coefficient (Wildman–Crippen LogP) is -1.15.